The highest BCUT2D eigenvalue weighted by Gasteiger charge is 2.09. The Morgan fingerprint density at radius 1 is 1.10 bits per heavy atom. The van der Waals surface area contributed by atoms with Gasteiger partial charge in [0.1, 0.15) is 0 Å². The number of hydrogen-bond acceptors (Lipinski definition) is 3. The largest absolute Gasteiger partial charge is 0.411 e. The molecule has 0 saturated heterocycles. The smallest absolute Gasteiger partial charge is 0.0871 e. The summed E-state index contributed by atoms with van der Waals surface area (Å²) in [6.45, 7) is 1.99. The minimum absolute atomic E-state index is 0.680. The van der Waals surface area contributed by atoms with E-state index in [9.17, 15) is 5.21 Å². The van der Waals surface area contributed by atoms with E-state index in [4.69, 9.17) is 0 Å². The molecule has 0 amide bonds. The van der Waals surface area contributed by atoms with E-state index in [0.717, 1.165) is 16.7 Å². The van der Waals surface area contributed by atoms with Gasteiger partial charge in [0.05, 0.1) is 5.71 Å². The number of rotatable bonds is 5. The molecule has 0 atom stereocenters. The van der Waals surface area contributed by atoms with Crippen LogP contribution in [0.3, 0.4) is 0 Å². The van der Waals surface area contributed by atoms with E-state index < -0.39 is 0 Å². The molecule has 0 radical (unpaired) electrons. The molecule has 2 rings (SSSR count). The lowest BCUT2D eigenvalue weighted by atomic mass is 9.97. The van der Waals surface area contributed by atoms with Crippen molar-refractivity contribution in [3.8, 4) is 0 Å². The summed E-state index contributed by atoms with van der Waals surface area (Å²) in [5.41, 5.74) is 3.80. The van der Waals surface area contributed by atoms with Crippen molar-refractivity contribution in [2.45, 2.75) is 18.2 Å². The van der Waals surface area contributed by atoms with Crippen LogP contribution < -0.4 is 0 Å². The summed E-state index contributed by atoms with van der Waals surface area (Å²) >= 11 is 1.71. The Balaban J connectivity index is 2.47. The molecule has 0 aliphatic carbocycles. The van der Waals surface area contributed by atoms with Gasteiger partial charge in [-0.3, -0.25) is 0 Å². The molecular formula is C18H19NOS. The lowest BCUT2D eigenvalue weighted by Gasteiger charge is -2.09. The summed E-state index contributed by atoms with van der Waals surface area (Å²) in [4.78, 5) is 1.22. The third-order valence-corrected chi connectivity index (χ3v) is 4.02. The van der Waals surface area contributed by atoms with Crippen molar-refractivity contribution in [3.05, 3.63) is 65.7 Å². The Bertz CT molecular complexity index is 630. The molecule has 2 aromatic carbocycles. The Kier molecular flexibility index (Phi) is 5.64. The molecule has 0 aromatic heterocycles. The topological polar surface area (TPSA) is 32.6 Å². The summed E-state index contributed by atoms with van der Waals surface area (Å²) in [6.07, 6.45) is 4.80. The minimum Gasteiger partial charge on any atom is -0.411 e. The number of allylic oxidation sites excluding steroid dienone is 1. The van der Waals surface area contributed by atoms with Crippen LogP contribution in [-0.2, 0) is 0 Å². The average Bonchev–Trinajstić information content (AvgIpc) is 2.56. The van der Waals surface area contributed by atoms with Gasteiger partial charge in [-0.15, -0.1) is 11.8 Å². The van der Waals surface area contributed by atoms with Crippen LogP contribution in [0.2, 0.25) is 0 Å². The van der Waals surface area contributed by atoms with Crippen molar-refractivity contribution < 1.29 is 5.21 Å². The normalized spacial score (nSPS) is 12.5. The zero-order chi connectivity index (χ0) is 15.1. The number of thioether (sulfide) groups is 1. The second kappa shape index (κ2) is 7.70. The molecular weight excluding hydrogens is 278 g/mol. The summed E-state index contributed by atoms with van der Waals surface area (Å²) < 4.78 is 0. The minimum atomic E-state index is 0.680. The van der Waals surface area contributed by atoms with Gasteiger partial charge in [-0.05, 0) is 42.0 Å². The standard InChI is InChI=1S/C18H19NOS/c1-3-18(19-20)17(13-14-7-5-4-6-8-14)15-9-11-16(21-2)12-10-15/h4-13,20H,3H2,1-2H3/b17-13-,19-18+. The van der Waals surface area contributed by atoms with Gasteiger partial charge in [-0.2, -0.15) is 0 Å². The molecule has 0 heterocycles. The molecule has 108 valence electrons. The van der Waals surface area contributed by atoms with Crippen molar-refractivity contribution >= 4 is 29.1 Å². The fourth-order valence-corrected chi connectivity index (χ4v) is 2.54. The summed E-state index contributed by atoms with van der Waals surface area (Å²) in [7, 11) is 0. The molecule has 0 aliphatic rings. The van der Waals surface area contributed by atoms with Crippen LogP contribution in [0.25, 0.3) is 11.6 Å². The Labute approximate surface area is 130 Å². The van der Waals surface area contributed by atoms with Gasteiger partial charge in [0.15, 0.2) is 0 Å². The highest BCUT2D eigenvalue weighted by molar-refractivity contribution is 7.98. The first kappa shape index (κ1) is 15.4. The highest BCUT2D eigenvalue weighted by atomic mass is 32.2. The van der Waals surface area contributed by atoms with Gasteiger partial charge in [0.2, 0.25) is 0 Å². The molecule has 0 aliphatic heterocycles. The molecule has 0 bridgehead atoms. The molecule has 3 heteroatoms. The zero-order valence-corrected chi connectivity index (χ0v) is 13.1. The van der Waals surface area contributed by atoms with E-state index in [-0.39, 0.29) is 0 Å². The molecule has 0 fully saturated rings. The molecule has 0 saturated carbocycles. The number of hydrogen-bond donors (Lipinski definition) is 1. The van der Waals surface area contributed by atoms with Crippen molar-refractivity contribution in [1.29, 1.82) is 0 Å². The van der Waals surface area contributed by atoms with Crippen LogP contribution in [-0.4, -0.2) is 17.2 Å². The summed E-state index contributed by atoms with van der Waals surface area (Å²) in [5, 5.41) is 12.7. The summed E-state index contributed by atoms with van der Waals surface area (Å²) in [5.74, 6) is 0. The van der Waals surface area contributed by atoms with E-state index in [0.29, 0.717) is 12.1 Å². The second-order valence-electron chi connectivity index (χ2n) is 4.60. The van der Waals surface area contributed by atoms with E-state index in [2.05, 4.69) is 41.8 Å². The highest BCUT2D eigenvalue weighted by Crippen LogP contribution is 2.24. The maximum atomic E-state index is 9.28. The fourth-order valence-electron chi connectivity index (χ4n) is 2.13. The van der Waals surface area contributed by atoms with Crippen LogP contribution in [0, 0.1) is 0 Å². The molecule has 1 N–H and O–H groups in total. The maximum Gasteiger partial charge on any atom is 0.0871 e. The first-order valence-electron chi connectivity index (χ1n) is 6.91. The monoisotopic (exact) mass is 297 g/mol. The van der Waals surface area contributed by atoms with Crippen molar-refractivity contribution in [2.24, 2.45) is 5.16 Å². The Hall–Kier alpha value is -2.00. The molecule has 2 nitrogen and oxygen atoms in total. The van der Waals surface area contributed by atoms with Gasteiger partial charge in [-0.1, -0.05) is 54.5 Å². The lowest BCUT2D eigenvalue weighted by Crippen LogP contribution is -2.01. The first-order chi connectivity index (χ1) is 10.3. The van der Waals surface area contributed by atoms with Gasteiger partial charge >= 0.3 is 0 Å². The quantitative estimate of drug-likeness (QED) is 0.271. The second-order valence-corrected chi connectivity index (χ2v) is 5.48. The Morgan fingerprint density at radius 3 is 2.29 bits per heavy atom. The summed E-state index contributed by atoms with van der Waals surface area (Å²) in [6, 6.07) is 18.4. The number of oxime groups is 1. The molecule has 21 heavy (non-hydrogen) atoms. The first-order valence-corrected chi connectivity index (χ1v) is 8.13. The fraction of sp³-hybridized carbons (Fsp3) is 0.167. The van der Waals surface area contributed by atoms with Gasteiger partial charge in [0, 0.05) is 10.5 Å². The third kappa shape index (κ3) is 3.99. The van der Waals surface area contributed by atoms with E-state index in [1.807, 2.05) is 37.3 Å². The predicted octanol–water partition coefficient (Wildman–Crippen LogP) is 5.19. The van der Waals surface area contributed by atoms with Gasteiger partial charge in [0.25, 0.3) is 0 Å². The van der Waals surface area contributed by atoms with E-state index in [1.54, 1.807) is 11.8 Å². The number of benzene rings is 2. The van der Waals surface area contributed by atoms with Crippen LogP contribution in [0.15, 0.2) is 64.6 Å². The zero-order valence-electron chi connectivity index (χ0n) is 12.3. The third-order valence-electron chi connectivity index (χ3n) is 3.28. The predicted molar refractivity (Wildman–Crippen MR) is 92.0 cm³/mol. The van der Waals surface area contributed by atoms with Crippen LogP contribution in [0.1, 0.15) is 24.5 Å². The van der Waals surface area contributed by atoms with Gasteiger partial charge in [-0.25, -0.2) is 0 Å². The molecule has 0 unspecified atom stereocenters. The number of nitrogens with zero attached hydrogens (tertiary/aromatic N) is 1. The van der Waals surface area contributed by atoms with Gasteiger partial charge < -0.3 is 5.21 Å². The lowest BCUT2D eigenvalue weighted by molar-refractivity contribution is 0.319. The van der Waals surface area contributed by atoms with Crippen LogP contribution in [0.5, 0.6) is 0 Å². The van der Waals surface area contributed by atoms with E-state index in [1.165, 1.54) is 4.90 Å². The molecule has 0 spiro atoms. The van der Waals surface area contributed by atoms with Crippen LogP contribution in [0.4, 0.5) is 0 Å². The van der Waals surface area contributed by atoms with Crippen molar-refractivity contribution in [3.63, 3.8) is 0 Å². The average molecular weight is 297 g/mol. The van der Waals surface area contributed by atoms with Crippen molar-refractivity contribution in [1.82, 2.24) is 0 Å². The maximum absolute atomic E-state index is 9.28. The molecule has 2 aromatic rings. The Morgan fingerprint density at radius 2 is 1.76 bits per heavy atom. The SMILES string of the molecule is CCC(=N\O)/C(=C\c1ccccc1)c1ccc(SC)cc1. The van der Waals surface area contributed by atoms with Crippen LogP contribution >= 0.6 is 11.8 Å². The van der Waals surface area contributed by atoms with E-state index >= 15 is 0 Å². The van der Waals surface area contributed by atoms with Crippen molar-refractivity contribution in [2.75, 3.05) is 6.26 Å².